The van der Waals surface area contributed by atoms with Crippen molar-refractivity contribution in [2.24, 2.45) is 23.7 Å². The van der Waals surface area contributed by atoms with E-state index in [2.05, 4.69) is 163 Å². The molecule has 1 saturated heterocycles. The van der Waals surface area contributed by atoms with E-state index in [1.165, 1.54) is 20.7 Å². The number of fused-ring (bicyclic) bond motifs is 2. The number of hydrogen-bond donors (Lipinski definition) is 1. The van der Waals surface area contributed by atoms with Gasteiger partial charge in [-0.3, -0.25) is 0 Å². The molecular formula is C44H56O4Si2. The van der Waals surface area contributed by atoms with Crippen molar-refractivity contribution in [3.63, 3.8) is 0 Å². The van der Waals surface area contributed by atoms with Gasteiger partial charge in [0.25, 0.3) is 16.6 Å². The van der Waals surface area contributed by atoms with Gasteiger partial charge in [0.2, 0.25) is 0 Å². The Morgan fingerprint density at radius 1 is 0.560 bits per heavy atom. The van der Waals surface area contributed by atoms with Crippen LogP contribution in [-0.2, 0) is 13.6 Å². The maximum absolute atomic E-state index is 12.5. The second kappa shape index (κ2) is 13.9. The molecule has 7 rings (SSSR count). The van der Waals surface area contributed by atoms with Gasteiger partial charge in [-0.2, -0.15) is 0 Å². The molecule has 1 heterocycles. The SMILES string of the molecule is CC(C)(C)[Si](OC[C@@H]1C[C@H]2C[C@@H]3O[C@@H]3C[C@H]2[C@@H](O)[C@H]1CO[Si](c1ccccc1)(c1ccccc1)C(C)(C)C)(c1ccccc1)c1ccccc1. The highest BCUT2D eigenvalue weighted by Crippen LogP contribution is 2.52. The van der Waals surface area contributed by atoms with E-state index in [0.29, 0.717) is 31.3 Å². The van der Waals surface area contributed by atoms with Crippen LogP contribution in [0.2, 0.25) is 10.1 Å². The first-order valence-electron chi connectivity index (χ1n) is 18.8. The van der Waals surface area contributed by atoms with Crippen LogP contribution < -0.4 is 20.7 Å². The first-order valence-corrected chi connectivity index (χ1v) is 22.6. The number of hydrogen-bond acceptors (Lipinski definition) is 4. The van der Waals surface area contributed by atoms with E-state index >= 15 is 0 Å². The summed E-state index contributed by atoms with van der Waals surface area (Å²) >= 11 is 0. The molecule has 1 N–H and O–H groups in total. The first kappa shape index (κ1) is 35.6. The van der Waals surface area contributed by atoms with Crippen molar-refractivity contribution in [3.8, 4) is 0 Å². The predicted molar refractivity (Wildman–Crippen MR) is 210 cm³/mol. The standard InChI is InChI=1S/C44H56O4Si2/c1-43(2,3)49(34-19-11-7-12-20-34,35-21-13-8-14-22-35)46-30-33-27-32-28-40-41(48-40)29-38(32)42(45)39(33)31-47-50(44(4,5)6,36-23-15-9-16-24-36)37-25-17-10-18-26-37/h7-26,32-33,38-42,45H,27-31H2,1-6H3/t32-,33-,38+,39-,40-,41+,42+/m0/s1. The van der Waals surface area contributed by atoms with Gasteiger partial charge in [-0.05, 0) is 67.8 Å². The Kier molecular flexibility index (Phi) is 9.91. The summed E-state index contributed by atoms with van der Waals surface area (Å²) in [7, 11) is -5.57. The number of epoxide rings is 1. The molecule has 0 bridgehead atoms. The number of rotatable bonds is 10. The monoisotopic (exact) mass is 704 g/mol. The van der Waals surface area contributed by atoms with Crippen LogP contribution in [0, 0.1) is 23.7 Å². The van der Waals surface area contributed by atoms with Crippen molar-refractivity contribution in [2.75, 3.05) is 13.2 Å². The summed E-state index contributed by atoms with van der Waals surface area (Å²) in [5.74, 6) is 0.772. The Bertz CT molecular complexity index is 1610. The predicted octanol–water partition coefficient (Wildman–Crippen LogP) is 6.93. The molecule has 4 nitrogen and oxygen atoms in total. The Morgan fingerprint density at radius 3 is 1.34 bits per heavy atom. The third-order valence-corrected chi connectivity index (χ3v) is 22.3. The van der Waals surface area contributed by atoms with Gasteiger partial charge >= 0.3 is 0 Å². The summed E-state index contributed by atoms with van der Waals surface area (Å²) in [4.78, 5) is 0. The smallest absolute Gasteiger partial charge is 0.261 e. The van der Waals surface area contributed by atoms with Crippen LogP contribution in [0.1, 0.15) is 60.8 Å². The topological polar surface area (TPSA) is 51.2 Å². The number of aliphatic hydroxyl groups excluding tert-OH is 1. The van der Waals surface area contributed by atoms with Crippen LogP contribution in [0.3, 0.4) is 0 Å². The van der Waals surface area contributed by atoms with Crippen molar-refractivity contribution in [1.82, 2.24) is 0 Å². The average molecular weight is 705 g/mol. The number of ether oxygens (including phenoxy) is 1. The molecule has 0 radical (unpaired) electrons. The molecule has 6 heteroatoms. The molecule has 264 valence electrons. The minimum absolute atomic E-state index is 0.0496. The summed E-state index contributed by atoms with van der Waals surface area (Å²) < 4.78 is 21.3. The molecule has 1 aliphatic heterocycles. The largest absolute Gasteiger partial charge is 0.407 e. The quantitative estimate of drug-likeness (QED) is 0.144. The maximum Gasteiger partial charge on any atom is 0.261 e. The molecule has 3 aliphatic rings. The molecule has 0 unspecified atom stereocenters. The fourth-order valence-electron chi connectivity index (χ4n) is 9.78. The molecule has 0 amide bonds. The van der Waals surface area contributed by atoms with Gasteiger partial charge in [0.15, 0.2) is 0 Å². The van der Waals surface area contributed by atoms with Gasteiger partial charge in [0, 0.05) is 19.1 Å². The van der Waals surface area contributed by atoms with Crippen molar-refractivity contribution in [2.45, 2.75) is 89.2 Å². The third kappa shape index (κ3) is 6.41. The van der Waals surface area contributed by atoms with E-state index in [9.17, 15) is 5.11 Å². The summed E-state index contributed by atoms with van der Waals surface area (Å²) in [5.41, 5.74) is 0. The zero-order chi connectivity index (χ0) is 35.1. The average Bonchev–Trinajstić information content (AvgIpc) is 3.88. The van der Waals surface area contributed by atoms with Crippen LogP contribution in [-0.4, -0.2) is 53.3 Å². The van der Waals surface area contributed by atoms with Gasteiger partial charge in [-0.25, -0.2) is 0 Å². The minimum Gasteiger partial charge on any atom is -0.407 e. The van der Waals surface area contributed by atoms with Crippen LogP contribution >= 0.6 is 0 Å². The second-order valence-electron chi connectivity index (χ2n) is 17.2. The Labute approximate surface area is 302 Å². The van der Waals surface area contributed by atoms with E-state index in [-0.39, 0.29) is 27.8 Å². The Balaban J connectivity index is 1.27. The van der Waals surface area contributed by atoms with Gasteiger partial charge in [-0.15, -0.1) is 0 Å². The minimum atomic E-state index is -2.80. The fourth-order valence-corrected chi connectivity index (χ4v) is 19.0. The fraction of sp³-hybridized carbons (Fsp3) is 0.455. The van der Waals surface area contributed by atoms with Crippen LogP contribution in [0.5, 0.6) is 0 Å². The normalized spacial score (nSPS) is 26.9. The summed E-state index contributed by atoms with van der Waals surface area (Å²) in [6.07, 6.45) is 3.24. The molecule has 0 aromatic heterocycles. The lowest BCUT2D eigenvalue weighted by atomic mass is 9.62. The van der Waals surface area contributed by atoms with E-state index in [0.717, 1.165) is 19.3 Å². The molecule has 50 heavy (non-hydrogen) atoms. The van der Waals surface area contributed by atoms with Crippen LogP contribution in [0.25, 0.3) is 0 Å². The van der Waals surface area contributed by atoms with E-state index < -0.39 is 22.7 Å². The molecule has 4 aromatic rings. The lowest BCUT2D eigenvalue weighted by Crippen LogP contribution is -2.68. The Morgan fingerprint density at radius 2 is 0.940 bits per heavy atom. The van der Waals surface area contributed by atoms with E-state index in [1.807, 2.05) is 0 Å². The highest BCUT2D eigenvalue weighted by atomic mass is 28.4. The summed E-state index contributed by atoms with van der Waals surface area (Å²) in [6, 6.07) is 43.7. The molecule has 2 aliphatic carbocycles. The molecular weight excluding hydrogens is 649 g/mol. The summed E-state index contributed by atoms with van der Waals surface area (Å²) in [6.45, 7) is 15.1. The number of aliphatic hydroxyl groups is 1. The molecule has 7 atom stereocenters. The molecule has 4 aromatic carbocycles. The second-order valence-corrected chi connectivity index (χ2v) is 25.8. The van der Waals surface area contributed by atoms with E-state index in [4.69, 9.17) is 13.6 Å². The van der Waals surface area contributed by atoms with Crippen molar-refractivity contribution in [1.29, 1.82) is 0 Å². The van der Waals surface area contributed by atoms with Crippen molar-refractivity contribution < 1.29 is 18.7 Å². The van der Waals surface area contributed by atoms with Crippen LogP contribution in [0.15, 0.2) is 121 Å². The molecule has 2 saturated carbocycles. The Hall–Kier alpha value is -2.85. The lowest BCUT2D eigenvalue weighted by molar-refractivity contribution is -0.0820. The van der Waals surface area contributed by atoms with Crippen LogP contribution in [0.4, 0.5) is 0 Å². The zero-order valence-corrected chi connectivity index (χ0v) is 32.8. The lowest BCUT2D eigenvalue weighted by Gasteiger charge is -2.50. The first-order chi connectivity index (χ1) is 24.0. The summed E-state index contributed by atoms with van der Waals surface area (Å²) in [5, 5.41) is 17.3. The number of benzene rings is 4. The molecule has 0 spiro atoms. The maximum atomic E-state index is 12.5. The van der Waals surface area contributed by atoms with Gasteiger partial charge in [0.05, 0.1) is 18.3 Å². The third-order valence-electron chi connectivity index (χ3n) is 12.3. The van der Waals surface area contributed by atoms with Crippen molar-refractivity contribution >= 4 is 37.4 Å². The highest BCUT2D eigenvalue weighted by molar-refractivity contribution is 7.00. The van der Waals surface area contributed by atoms with Crippen molar-refractivity contribution in [3.05, 3.63) is 121 Å². The van der Waals surface area contributed by atoms with E-state index in [1.54, 1.807) is 0 Å². The van der Waals surface area contributed by atoms with Gasteiger partial charge in [0.1, 0.15) is 0 Å². The highest BCUT2D eigenvalue weighted by Gasteiger charge is 2.57. The zero-order valence-electron chi connectivity index (χ0n) is 30.8. The van der Waals surface area contributed by atoms with Gasteiger partial charge in [-0.1, -0.05) is 163 Å². The van der Waals surface area contributed by atoms with Gasteiger partial charge < -0.3 is 18.7 Å². The molecule has 3 fully saturated rings.